The summed E-state index contributed by atoms with van der Waals surface area (Å²) < 4.78 is 5.18. The fraction of sp³-hybridized carbons (Fsp3) is 0.143. The number of para-hydroxylation sites is 1. The van der Waals surface area contributed by atoms with Crippen molar-refractivity contribution in [2.45, 2.75) is 6.92 Å². The summed E-state index contributed by atoms with van der Waals surface area (Å²) in [7, 11) is 1.59. The van der Waals surface area contributed by atoms with Crippen LogP contribution < -0.4 is 15.8 Å². The Morgan fingerprint density at radius 1 is 1.22 bits per heavy atom. The lowest BCUT2D eigenvalue weighted by atomic mass is 10.1. The predicted molar refractivity (Wildman–Crippen MR) is 76.9 cm³/mol. The highest BCUT2D eigenvalue weighted by atomic mass is 35.5. The fourth-order valence-electron chi connectivity index (χ4n) is 1.74. The Kier molecular flexibility index (Phi) is 3.63. The van der Waals surface area contributed by atoms with Crippen LogP contribution in [0.1, 0.15) is 5.56 Å². The lowest BCUT2D eigenvalue weighted by Gasteiger charge is -2.13. The summed E-state index contributed by atoms with van der Waals surface area (Å²) in [6.07, 6.45) is 0. The molecule has 0 amide bonds. The van der Waals surface area contributed by atoms with Gasteiger partial charge in [0.05, 0.1) is 23.5 Å². The lowest BCUT2D eigenvalue weighted by molar-refractivity contribution is 0.415. The minimum Gasteiger partial charge on any atom is -0.495 e. The maximum atomic E-state index is 5.98. The van der Waals surface area contributed by atoms with Crippen LogP contribution in [0.3, 0.4) is 0 Å². The molecule has 0 radical (unpaired) electrons. The molecule has 3 nitrogen and oxygen atoms in total. The highest BCUT2D eigenvalue weighted by molar-refractivity contribution is 6.32. The number of ether oxygens (including phenoxy) is 1. The van der Waals surface area contributed by atoms with Gasteiger partial charge in [0.15, 0.2) is 0 Å². The van der Waals surface area contributed by atoms with Gasteiger partial charge >= 0.3 is 0 Å². The van der Waals surface area contributed by atoms with Crippen LogP contribution >= 0.6 is 11.6 Å². The molecule has 4 heteroatoms. The van der Waals surface area contributed by atoms with E-state index in [1.165, 1.54) is 0 Å². The van der Waals surface area contributed by atoms with Crippen molar-refractivity contribution >= 4 is 28.7 Å². The molecule has 0 aliphatic rings. The molecule has 0 saturated carbocycles. The van der Waals surface area contributed by atoms with Gasteiger partial charge in [-0.15, -0.1) is 0 Å². The van der Waals surface area contributed by atoms with Gasteiger partial charge < -0.3 is 15.8 Å². The number of nitrogens with two attached hydrogens (primary N) is 1. The molecule has 0 aromatic heterocycles. The molecule has 2 rings (SSSR count). The average Bonchev–Trinajstić information content (AvgIpc) is 2.36. The third-order valence-electron chi connectivity index (χ3n) is 2.73. The number of hydrogen-bond donors (Lipinski definition) is 2. The zero-order valence-corrected chi connectivity index (χ0v) is 11.1. The zero-order valence-electron chi connectivity index (χ0n) is 10.3. The zero-order chi connectivity index (χ0) is 13.1. The second-order valence-corrected chi connectivity index (χ2v) is 4.42. The SMILES string of the molecule is COc1cc(Nc2c(C)cccc2N)ccc1Cl. The molecule has 2 aromatic rings. The monoisotopic (exact) mass is 262 g/mol. The van der Waals surface area contributed by atoms with E-state index in [0.29, 0.717) is 16.5 Å². The third kappa shape index (κ3) is 2.51. The van der Waals surface area contributed by atoms with E-state index in [0.717, 1.165) is 16.9 Å². The van der Waals surface area contributed by atoms with Crippen LogP contribution in [0.15, 0.2) is 36.4 Å². The number of nitrogens with one attached hydrogen (secondary N) is 1. The topological polar surface area (TPSA) is 47.3 Å². The van der Waals surface area contributed by atoms with Crippen LogP contribution in [0.4, 0.5) is 17.1 Å². The van der Waals surface area contributed by atoms with Gasteiger partial charge in [-0.05, 0) is 30.7 Å². The van der Waals surface area contributed by atoms with E-state index in [1.54, 1.807) is 13.2 Å². The molecule has 0 spiro atoms. The number of methoxy groups -OCH3 is 1. The van der Waals surface area contributed by atoms with Gasteiger partial charge in [0.2, 0.25) is 0 Å². The number of benzene rings is 2. The smallest absolute Gasteiger partial charge is 0.139 e. The van der Waals surface area contributed by atoms with Crippen molar-refractivity contribution in [2.75, 3.05) is 18.2 Å². The van der Waals surface area contributed by atoms with Crippen molar-refractivity contribution in [2.24, 2.45) is 0 Å². The molecule has 0 heterocycles. The van der Waals surface area contributed by atoms with E-state index in [2.05, 4.69) is 5.32 Å². The first-order valence-corrected chi connectivity index (χ1v) is 5.95. The number of aryl methyl sites for hydroxylation is 1. The van der Waals surface area contributed by atoms with Crippen LogP contribution in [0.2, 0.25) is 5.02 Å². The summed E-state index contributed by atoms with van der Waals surface area (Å²) in [4.78, 5) is 0. The lowest BCUT2D eigenvalue weighted by Crippen LogP contribution is -1.98. The van der Waals surface area contributed by atoms with Gasteiger partial charge in [-0.2, -0.15) is 0 Å². The van der Waals surface area contributed by atoms with Crippen molar-refractivity contribution in [1.82, 2.24) is 0 Å². The largest absolute Gasteiger partial charge is 0.495 e. The standard InChI is InChI=1S/C14H15ClN2O/c1-9-4-3-5-12(16)14(9)17-10-6-7-11(15)13(8-10)18-2/h3-8,17H,16H2,1-2H3. The van der Waals surface area contributed by atoms with E-state index >= 15 is 0 Å². The molecule has 0 aliphatic heterocycles. The van der Waals surface area contributed by atoms with Crippen LogP contribution in [-0.2, 0) is 0 Å². The number of anilines is 3. The Morgan fingerprint density at radius 2 is 2.00 bits per heavy atom. The normalized spacial score (nSPS) is 10.2. The second-order valence-electron chi connectivity index (χ2n) is 4.01. The quantitative estimate of drug-likeness (QED) is 0.823. The van der Waals surface area contributed by atoms with Crippen LogP contribution in [0, 0.1) is 6.92 Å². The molecule has 94 valence electrons. The number of hydrogen-bond acceptors (Lipinski definition) is 3. The Hall–Kier alpha value is -1.87. The molecule has 0 saturated heterocycles. The first-order valence-electron chi connectivity index (χ1n) is 5.57. The molecule has 18 heavy (non-hydrogen) atoms. The number of rotatable bonds is 3. The van der Waals surface area contributed by atoms with Gasteiger partial charge in [0, 0.05) is 11.8 Å². The second kappa shape index (κ2) is 5.19. The Bertz CT molecular complexity index is 549. The maximum absolute atomic E-state index is 5.98. The maximum Gasteiger partial charge on any atom is 0.139 e. The Balaban J connectivity index is 2.34. The van der Waals surface area contributed by atoms with Crippen molar-refractivity contribution in [3.05, 3.63) is 47.0 Å². The van der Waals surface area contributed by atoms with Crippen molar-refractivity contribution in [3.8, 4) is 5.75 Å². The molecular weight excluding hydrogens is 248 g/mol. The minimum atomic E-state index is 0.584. The predicted octanol–water partition coefficient (Wildman–Crippen LogP) is 3.98. The number of nitrogen functional groups attached to an aromatic ring is 1. The van der Waals surface area contributed by atoms with Crippen molar-refractivity contribution in [1.29, 1.82) is 0 Å². The van der Waals surface area contributed by atoms with Crippen molar-refractivity contribution < 1.29 is 4.74 Å². The first kappa shape index (κ1) is 12.6. The highest BCUT2D eigenvalue weighted by Gasteiger charge is 2.06. The summed E-state index contributed by atoms with van der Waals surface area (Å²) in [5.74, 6) is 0.633. The Labute approximate surface area is 112 Å². The molecule has 2 aromatic carbocycles. The molecule has 0 fully saturated rings. The van der Waals surface area contributed by atoms with E-state index in [-0.39, 0.29) is 0 Å². The van der Waals surface area contributed by atoms with E-state index in [9.17, 15) is 0 Å². The van der Waals surface area contributed by atoms with E-state index in [1.807, 2.05) is 37.3 Å². The average molecular weight is 263 g/mol. The van der Waals surface area contributed by atoms with Crippen LogP contribution in [0.25, 0.3) is 0 Å². The van der Waals surface area contributed by atoms with Crippen molar-refractivity contribution in [3.63, 3.8) is 0 Å². The molecule has 0 atom stereocenters. The van der Waals surface area contributed by atoms with Gasteiger partial charge in [-0.1, -0.05) is 23.7 Å². The highest BCUT2D eigenvalue weighted by Crippen LogP contribution is 2.31. The summed E-state index contributed by atoms with van der Waals surface area (Å²) >= 11 is 5.98. The van der Waals surface area contributed by atoms with Crippen LogP contribution in [0.5, 0.6) is 5.75 Å². The third-order valence-corrected chi connectivity index (χ3v) is 3.04. The molecule has 0 bridgehead atoms. The van der Waals surface area contributed by atoms with Gasteiger partial charge in [0.25, 0.3) is 0 Å². The summed E-state index contributed by atoms with van der Waals surface area (Å²) in [5.41, 5.74) is 9.54. The summed E-state index contributed by atoms with van der Waals surface area (Å²) in [6, 6.07) is 11.3. The molecular formula is C14H15ClN2O. The fourth-order valence-corrected chi connectivity index (χ4v) is 1.94. The molecule has 0 aliphatic carbocycles. The van der Waals surface area contributed by atoms with Gasteiger partial charge in [-0.25, -0.2) is 0 Å². The van der Waals surface area contributed by atoms with Gasteiger partial charge in [0.1, 0.15) is 5.75 Å². The molecule has 3 N–H and O–H groups in total. The minimum absolute atomic E-state index is 0.584. The summed E-state index contributed by atoms with van der Waals surface area (Å²) in [5, 5.41) is 3.86. The van der Waals surface area contributed by atoms with E-state index < -0.39 is 0 Å². The van der Waals surface area contributed by atoms with Crippen LogP contribution in [-0.4, -0.2) is 7.11 Å². The Morgan fingerprint density at radius 3 is 2.67 bits per heavy atom. The summed E-state index contributed by atoms with van der Waals surface area (Å²) in [6.45, 7) is 2.01. The number of halogens is 1. The molecule has 0 unspecified atom stereocenters. The van der Waals surface area contributed by atoms with E-state index in [4.69, 9.17) is 22.1 Å². The first-order chi connectivity index (χ1) is 8.61. The van der Waals surface area contributed by atoms with Gasteiger partial charge in [-0.3, -0.25) is 0 Å².